The second-order valence-corrected chi connectivity index (χ2v) is 20.0. The lowest BCUT2D eigenvalue weighted by molar-refractivity contribution is 0.0880. The molecule has 0 heterocycles. The van der Waals surface area contributed by atoms with Gasteiger partial charge in [-0.25, -0.2) is 0 Å². The van der Waals surface area contributed by atoms with E-state index in [1.165, 1.54) is 205 Å². The summed E-state index contributed by atoms with van der Waals surface area (Å²) in [6.07, 6.45) is 43.9. The molecular formula is C50H84Cl2. The topological polar surface area (TPSA) is 0 Å². The highest BCUT2D eigenvalue weighted by molar-refractivity contribution is 6.23. The van der Waals surface area contributed by atoms with Crippen molar-refractivity contribution in [2.45, 2.75) is 244 Å². The molecule has 2 unspecified atom stereocenters. The standard InChI is InChI=1S/C50H84Cl2/c1-5-9-13-19-41-23-27-43(28-24-41)45-31-37-49(38-32-45,35-17-11-7-3)47(51)21-15-16-22-48(52)50(36-18-12-8-4)39-33-46(34-40-50)44-29-25-42(26-30-44)20-14-10-6-2/h41-48H,5-14,17-20,23-40H2,1-4H3. The zero-order valence-corrected chi connectivity index (χ0v) is 36.5. The van der Waals surface area contributed by atoms with Gasteiger partial charge in [0.15, 0.2) is 0 Å². The van der Waals surface area contributed by atoms with Gasteiger partial charge in [-0.15, -0.1) is 23.2 Å². The van der Waals surface area contributed by atoms with Crippen molar-refractivity contribution in [2.24, 2.45) is 46.3 Å². The number of hydrogen-bond donors (Lipinski definition) is 0. The second-order valence-electron chi connectivity index (χ2n) is 19.1. The van der Waals surface area contributed by atoms with Gasteiger partial charge in [-0.05, 0) is 148 Å². The van der Waals surface area contributed by atoms with Crippen LogP contribution in [0.5, 0.6) is 0 Å². The lowest BCUT2D eigenvalue weighted by Crippen LogP contribution is -2.37. The first-order valence-electron chi connectivity index (χ1n) is 23.7. The van der Waals surface area contributed by atoms with Crippen LogP contribution in [0.1, 0.15) is 233 Å². The summed E-state index contributed by atoms with van der Waals surface area (Å²) in [6, 6.07) is 0. The highest BCUT2D eigenvalue weighted by Crippen LogP contribution is 2.52. The maximum Gasteiger partial charge on any atom is 0.101 e. The molecular weight excluding hydrogens is 671 g/mol. The molecule has 298 valence electrons. The van der Waals surface area contributed by atoms with E-state index in [1.54, 1.807) is 0 Å². The zero-order valence-electron chi connectivity index (χ0n) is 35.0. The quantitative estimate of drug-likeness (QED) is 0.0659. The van der Waals surface area contributed by atoms with Gasteiger partial charge in [-0.1, -0.05) is 155 Å². The van der Waals surface area contributed by atoms with Gasteiger partial charge in [0.05, 0.1) is 0 Å². The van der Waals surface area contributed by atoms with Crippen LogP contribution in [-0.2, 0) is 0 Å². The Kier molecular flexibility index (Phi) is 20.8. The Morgan fingerprint density at radius 1 is 0.423 bits per heavy atom. The van der Waals surface area contributed by atoms with Gasteiger partial charge in [-0.3, -0.25) is 0 Å². The maximum absolute atomic E-state index is 7.34. The van der Waals surface area contributed by atoms with E-state index in [1.807, 2.05) is 0 Å². The van der Waals surface area contributed by atoms with Gasteiger partial charge in [-0.2, -0.15) is 0 Å². The highest BCUT2D eigenvalue weighted by atomic mass is 35.5. The van der Waals surface area contributed by atoms with Gasteiger partial charge < -0.3 is 0 Å². The second kappa shape index (κ2) is 24.4. The third-order valence-electron chi connectivity index (χ3n) is 15.7. The van der Waals surface area contributed by atoms with Crippen LogP contribution < -0.4 is 0 Å². The first kappa shape index (κ1) is 44.4. The molecule has 0 aliphatic heterocycles. The van der Waals surface area contributed by atoms with E-state index in [9.17, 15) is 0 Å². The lowest BCUT2D eigenvalue weighted by atomic mass is 9.61. The van der Waals surface area contributed by atoms with Crippen molar-refractivity contribution in [1.82, 2.24) is 0 Å². The van der Waals surface area contributed by atoms with Crippen molar-refractivity contribution in [3.8, 4) is 23.7 Å². The molecule has 4 aliphatic rings. The van der Waals surface area contributed by atoms with Crippen LogP contribution in [0.15, 0.2) is 0 Å². The third-order valence-corrected chi connectivity index (χ3v) is 16.8. The Morgan fingerprint density at radius 3 is 1.06 bits per heavy atom. The third kappa shape index (κ3) is 13.7. The Labute approximate surface area is 335 Å². The molecule has 0 amide bonds. The van der Waals surface area contributed by atoms with Crippen LogP contribution in [0.4, 0.5) is 0 Å². The van der Waals surface area contributed by atoms with Gasteiger partial charge in [0.25, 0.3) is 0 Å². The van der Waals surface area contributed by atoms with Gasteiger partial charge in [0, 0.05) is 0 Å². The van der Waals surface area contributed by atoms with Crippen molar-refractivity contribution < 1.29 is 0 Å². The van der Waals surface area contributed by atoms with E-state index >= 15 is 0 Å². The Balaban J connectivity index is 1.31. The lowest BCUT2D eigenvalue weighted by Gasteiger charge is -2.45. The molecule has 0 nitrogen and oxygen atoms in total. The molecule has 0 aromatic heterocycles. The van der Waals surface area contributed by atoms with Crippen LogP contribution in [-0.4, -0.2) is 10.8 Å². The molecule has 2 atom stereocenters. The van der Waals surface area contributed by atoms with Crippen molar-refractivity contribution >= 4 is 23.2 Å². The van der Waals surface area contributed by atoms with E-state index in [-0.39, 0.29) is 21.6 Å². The zero-order chi connectivity index (χ0) is 37.1. The van der Waals surface area contributed by atoms with E-state index in [4.69, 9.17) is 23.2 Å². The minimum atomic E-state index is -0.0987. The smallest absolute Gasteiger partial charge is 0.101 e. The fraction of sp³-hybridized carbons (Fsp3) is 0.920. The normalized spacial score (nSPS) is 33.7. The summed E-state index contributed by atoms with van der Waals surface area (Å²) in [5.74, 6) is 19.4. The SMILES string of the molecule is CCCCCC1CCC(C2CCC(CCCCC)(C(Cl)C#CC#CC(Cl)C3(CCCCC)CCC(C4CCC(CCCCC)CC4)CC3)CC2)CC1. The molecule has 0 aromatic carbocycles. The first-order valence-corrected chi connectivity index (χ1v) is 24.5. The van der Waals surface area contributed by atoms with Crippen LogP contribution >= 0.6 is 23.2 Å². The largest absolute Gasteiger partial charge is 0.108 e. The molecule has 4 rings (SSSR count). The van der Waals surface area contributed by atoms with Crippen LogP contribution in [0.3, 0.4) is 0 Å². The number of halogens is 2. The molecule has 0 N–H and O–H groups in total. The molecule has 0 aromatic rings. The molecule has 0 bridgehead atoms. The number of rotatable bonds is 20. The Bertz CT molecular complexity index is 967. The fourth-order valence-corrected chi connectivity index (χ4v) is 12.6. The molecule has 0 radical (unpaired) electrons. The molecule has 4 fully saturated rings. The minimum absolute atomic E-state index is 0.0987. The molecule has 4 aliphatic carbocycles. The summed E-state index contributed by atoms with van der Waals surface area (Å²) >= 11 is 14.7. The van der Waals surface area contributed by atoms with Gasteiger partial charge in [0.2, 0.25) is 0 Å². The molecule has 0 spiro atoms. The van der Waals surface area contributed by atoms with Crippen molar-refractivity contribution in [3.63, 3.8) is 0 Å². The summed E-state index contributed by atoms with van der Waals surface area (Å²) < 4.78 is 0. The van der Waals surface area contributed by atoms with E-state index < -0.39 is 0 Å². The summed E-state index contributed by atoms with van der Waals surface area (Å²) in [6.45, 7) is 9.30. The Morgan fingerprint density at radius 2 is 0.731 bits per heavy atom. The number of alkyl halides is 2. The molecule has 4 saturated carbocycles. The van der Waals surface area contributed by atoms with Gasteiger partial charge >= 0.3 is 0 Å². The average Bonchev–Trinajstić information content (AvgIpc) is 3.18. The average molecular weight is 756 g/mol. The van der Waals surface area contributed by atoms with E-state index in [0.717, 1.165) is 35.5 Å². The molecule has 0 saturated heterocycles. The van der Waals surface area contributed by atoms with Crippen LogP contribution in [0, 0.1) is 70.0 Å². The van der Waals surface area contributed by atoms with E-state index in [0.29, 0.717) is 0 Å². The molecule has 52 heavy (non-hydrogen) atoms. The summed E-state index contributed by atoms with van der Waals surface area (Å²) in [7, 11) is 0. The van der Waals surface area contributed by atoms with Crippen LogP contribution in [0.25, 0.3) is 0 Å². The first-order chi connectivity index (χ1) is 25.4. The van der Waals surface area contributed by atoms with Crippen molar-refractivity contribution in [3.05, 3.63) is 0 Å². The summed E-state index contributed by atoms with van der Waals surface area (Å²) in [4.78, 5) is 0. The maximum atomic E-state index is 7.34. The predicted molar refractivity (Wildman–Crippen MR) is 231 cm³/mol. The monoisotopic (exact) mass is 755 g/mol. The van der Waals surface area contributed by atoms with Crippen molar-refractivity contribution in [2.75, 3.05) is 0 Å². The molecule has 2 heteroatoms. The summed E-state index contributed by atoms with van der Waals surface area (Å²) in [5.41, 5.74) is 0.321. The number of hydrogen-bond acceptors (Lipinski definition) is 0. The Hall–Kier alpha value is -0.300. The van der Waals surface area contributed by atoms with Gasteiger partial charge in [0.1, 0.15) is 10.8 Å². The highest BCUT2D eigenvalue weighted by Gasteiger charge is 2.43. The predicted octanol–water partition coefficient (Wildman–Crippen LogP) is 16.5. The summed E-state index contributed by atoms with van der Waals surface area (Å²) in [5, 5.41) is -0.197. The minimum Gasteiger partial charge on any atom is -0.108 e. The van der Waals surface area contributed by atoms with Crippen LogP contribution in [0.2, 0.25) is 0 Å². The van der Waals surface area contributed by atoms with E-state index in [2.05, 4.69) is 51.4 Å². The fourth-order valence-electron chi connectivity index (χ4n) is 11.9. The van der Waals surface area contributed by atoms with Crippen molar-refractivity contribution in [1.29, 1.82) is 0 Å². The number of unbranched alkanes of at least 4 members (excludes halogenated alkanes) is 8.